The third-order valence-electron chi connectivity index (χ3n) is 1.66. The van der Waals surface area contributed by atoms with Gasteiger partial charge in [0.25, 0.3) is 5.91 Å². The predicted molar refractivity (Wildman–Crippen MR) is 62.1 cm³/mol. The molecule has 1 N–H and O–H groups in total. The molecule has 82 valence electrons. The molecule has 2 heterocycles. The van der Waals surface area contributed by atoms with Gasteiger partial charge in [0.2, 0.25) is 0 Å². The Morgan fingerprint density at radius 2 is 2.19 bits per heavy atom. The number of carbonyl (C=O) groups excluding carboxylic acids is 1. The summed E-state index contributed by atoms with van der Waals surface area (Å²) in [5.74, 6) is -0.375. The Morgan fingerprint density at radius 3 is 2.81 bits per heavy atom. The van der Waals surface area contributed by atoms with Crippen LogP contribution < -0.4 is 5.32 Å². The van der Waals surface area contributed by atoms with E-state index >= 15 is 0 Å². The van der Waals surface area contributed by atoms with Gasteiger partial charge in [-0.3, -0.25) is 4.79 Å². The molecular weight excluding hydrogens is 271 g/mol. The van der Waals surface area contributed by atoms with Gasteiger partial charge in [0.05, 0.1) is 11.8 Å². The molecule has 2 rings (SSSR count). The molecule has 0 aliphatic heterocycles. The smallest absolute Gasteiger partial charge is 0.259 e. The number of hydrogen-bond donors (Lipinski definition) is 1. The average Bonchev–Trinajstić information content (AvgIpc) is 2.70. The first kappa shape index (κ1) is 11.3. The van der Waals surface area contributed by atoms with Gasteiger partial charge in [-0.1, -0.05) is 27.7 Å². The molecule has 0 saturated carbocycles. The van der Waals surface area contributed by atoms with Gasteiger partial charge in [-0.05, 0) is 12.1 Å². The fraction of sp³-hybridized carbons (Fsp3) is 0. The molecule has 0 aliphatic rings. The van der Waals surface area contributed by atoms with Crippen molar-refractivity contribution in [2.45, 2.75) is 0 Å². The fourth-order valence-electron chi connectivity index (χ4n) is 0.983. The fourth-order valence-corrected chi connectivity index (χ4v) is 1.83. The van der Waals surface area contributed by atoms with Crippen LogP contribution in [0.1, 0.15) is 10.4 Å². The number of halogens is 2. The quantitative estimate of drug-likeness (QED) is 0.855. The number of aromatic nitrogens is 3. The summed E-state index contributed by atoms with van der Waals surface area (Å²) in [5, 5.41) is 7.01. The number of hydrogen-bond acceptors (Lipinski definition) is 5. The SMILES string of the molecule is O=C(Nc1cnns1)c1ccc(Cl)nc1Cl. The van der Waals surface area contributed by atoms with Crippen LogP contribution in [0.25, 0.3) is 0 Å². The Balaban J connectivity index is 2.21. The van der Waals surface area contributed by atoms with Crippen LogP contribution in [0, 0.1) is 0 Å². The Morgan fingerprint density at radius 1 is 1.38 bits per heavy atom. The van der Waals surface area contributed by atoms with Crippen molar-refractivity contribution in [1.82, 2.24) is 14.6 Å². The normalized spacial score (nSPS) is 10.1. The molecule has 5 nitrogen and oxygen atoms in total. The van der Waals surface area contributed by atoms with Crippen molar-refractivity contribution in [1.29, 1.82) is 0 Å². The lowest BCUT2D eigenvalue weighted by molar-refractivity contribution is 0.102. The maximum absolute atomic E-state index is 11.7. The van der Waals surface area contributed by atoms with Crippen molar-refractivity contribution < 1.29 is 4.79 Å². The lowest BCUT2D eigenvalue weighted by Crippen LogP contribution is -2.12. The maximum atomic E-state index is 11.7. The number of pyridine rings is 1. The summed E-state index contributed by atoms with van der Waals surface area (Å²) in [4.78, 5) is 15.5. The highest BCUT2D eigenvalue weighted by Crippen LogP contribution is 2.18. The highest BCUT2D eigenvalue weighted by Gasteiger charge is 2.12. The van der Waals surface area contributed by atoms with Crippen molar-refractivity contribution in [3.8, 4) is 0 Å². The molecule has 8 heteroatoms. The molecular formula is C8H4Cl2N4OS. The van der Waals surface area contributed by atoms with Gasteiger partial charge in [-0.25, -0.2) is 4.98 Å². The lowest BCUT2D eigenvalue weighted by atomic mass is 10.3. The predicted octanol–water partition coefficient (Wildman–Crippen LogP) is 2.49. The number of carbonyl (C=O) groups is 1. The van der Waals surface area contributed by atoms with Crippen LogP contribution in [0.5, 0.6) is 0 Å². The van der Waals surface area contributed by atoms with E-state index in [9.17, 15) is 4.79 Å². The van der Waals surface area contributed by atoms with Gasteiger partial charge in [-0.15, -0.1) is 5.10 Å². The van der Waals surface area contributed by atoms with E-state index in [1.807, 2.05) is 0 Å². The molecule has 16 heavy (non-hydrogen) atoms. The monoisotopic (exact) mass is 274 g/mol. The van der Waals surface area contributed by atoms with Crippen molar-refractivity contribution in [3.63, 3.8) is 0 Å². The molecule has 0 atom stereocenters. The van der Waals surface area contributed by atoms with Crippen molar-refractivity contribution in [3.05, 3.63) is 34.2 Å². The number of nitrogens with one attached hydrogen (secondary N) is 1. The minimum absolute atomic E-state index is 0.0578. The molecule has 2 aromatic heterocycles. The van der Waals surface area contributed by atoms with E-state index in [1.54, 1.807) is 0 Å². The number of anilines is 1. The van der Waals surface area contributed by atoms with Gasteiger partial charge in [0.1, 0.15) is 15.3 Å². The third kappa shape index (κ3) is 2.46. The summed E-state index contributed by atoms with van der Waals surface area (Å²) in [6.45, 7) is 0. The van der Waals surface area contributed by atoms with Crippen LogP contribution in [-0.2, 0) is 0 Å². The van der Waals surface area contributed by atoms with E-state index in [-0.39, 0.29) is 21.8 Å². The van der Waals surface area contributed by atoms with E-state index in [0.29, 0.717) is 5.00 Å². The minimum atomic E-state index is -0.375. The van der Waals surface area contributed by atoms with Crippen molar-refractivity contribution >= 4 is 45.6 Å². The van der Waals surface area contributed by atoms with Gasteiger partial charge < -0.3 is 5.32 Å². The van der Waals surface area contributed by atoms with Crippen LogP contribution in [0.2, 0.25) is 10.3 Å². The summed E-state index contributed by atoms with van der Waals surface area (Å²) < 4.78 is 3.61. The zero-order chi connectivity index (χ0) is 11.5. The molecule has 0 bridgehead atoms. The topological polar surface area (TPSA) is 67.8 Å². The van der Waals surface area contributed by atoms with Crippen molar-refractivity contribution in [2.24, 2.45) is 0 Å². The lowest BCUT2D eigenvalue weighted by Gasteiger charge is -2.03. The summed E-state index contributed by atoms with van der Waals surface area (Å²) in [6.07, 6.45) is 1.44. The molecule has 0 saturated heterocycles. The van der Waals surface area contributed by atoms with E-state index in [1.165, 1.54) is 18.3 Å². The zero-order valence-corrected chi connectivity index (χ0v) is 9.97. The Labute approximate surface area is 105 Å². The number of amides is 1. The highest BCUT2D eigenvalue weighted by atomic mass is 35.5. The Bertz CT molecular complexity index is 517. The first-order chi connectivity index (χ1) is 7.66. The molecule has 1 amide bonds. The van der Waals surface area contributed by atoms with Gasteiger partial charge >= 0.3 is 0 Å². The third-order valence-corrected chi connectivity index (χ3v) is 2.74. The second-order valence-corrected chi connectivity index (χ2v) is 4.24. The average molecular weight is 275 g/mol. The summed E-state index contributed by atoms with van der Waals surface area (Å²) in [6, 6.07) is 2.99. The largest absolute Gasteiger partial charge is 0.311 e. The van der Waals surface area contributed by atoms with E-state index in [0.717, 1.165) is 11.5 Å². The number of nitrogens with zero attached hydrogens (tertiary/aromatic N) is 3. The molecule has 0 fully saturated rings. The summed E-state index contributed by atoms with van der Waals surface area (Å²) >= 11 is 12.5. The van der Waals surface area contributed by atoms with Gasteiger partial charge in [0.15, 0.2) is 0 Å². The summed E-state index contributed by atoms with van der Waals surface area (Å²) in [7, 11) is 0. The van der Waals surface area contributed by atoms with E-state index < -0.39 is 0 Å². The first-order valence-corrected chi connectivity index (χ1v) is 5.60. The Hall–Kier alpha value is -1.24. The zero-order valence-electron chi connectivity index (χ0n) is 7.65. The minimum Gasteiger partial charge on any atom is -0.311 e. The van der Waals surface area contributed by atoms with Crippen LogP contribution in [0.3, 0.4) is 0 Å². The molecule has 0 spiro atoms. The van der Waals surface area contributed by atoms with Crippen molar-refractivity contribution in [2.75, 3.05) is 5.32 Å². The summed E-state index contributed by atoms with van der Waals surface area (Å²) in [5.41, 5.74) is 0.250. The molecule has 0 aromatic carbocycles. The second-order valence-electron chi connectivity index (χ2n) is 2.71. The maximum Gasteiger partial charge on any atom is 0.259 e. The van der Waals surface area contributed by atoms with Crippen LogP contribution in [0.4, 0.5) is 5.00 Å². The van der Waals surface area contributed by atoms with Gasteiger partial charge in [0, 0.05) is 11.5 Å². The van der Waals surface area contributed by atoms with Crippen LogP contribution in [-0.4, -0.2) is 20.5 Å². The Kier molecular flexibility index (Phi) is 3.33. The number of rotatable bonds is 2. The standard InChI is InChI=1S/C8H4Cl2N4OS/c9-5-2-1-4(7(10)12-5)8(15)13-6-3-11-14-16-6/h1-3H,(H,13,15). The highest BCUT2D eigenvalue weighted by molar-refractivity contribution is 7.10. The molecule has 2 aromatic rings. The first-order valence-electron chi connectivity index (χ1n) is 4.07. The van der Waals surface area contributed by atoms with E-state index in [2.05, 4.69) is 19.9 Å². The molecule has 0 unspecified atom stereocenters. The molecule has 0 radical (unpaired) electrons. The van der Waals surface area contributed by atoms with Gasteiger partial charge in [-0.2, -0.15) is 0 Å². The van der Waals surface area contributed by atoms with Crippen LogP contribution in [0.15, 0.2) is 18.3 Å². The molecule has 0 aliphatic carbocycles. The van der Waals surface area contributed by atoms with Crippen LogP contribution >= 0.6 is 34.7 Å². The second kappa shape index (κ2) is 4.73. The van der Waals surface area contributed by atoms with E-state index in [4.69, 9.17) is 23.2 Å².